The van der Waals surface area contributed by atoms with Crippen LogP contribution in [0.3, 0.4) is 0 Å². The highest BCUT2D eigenvalue weighted by atomic mass is 35.5. The Kier molecular flexibility index (Phi) is 7.90. The molecule has 0 unspecified atom stereocenters. The Morgan fingerprint density at radius 1 is 0.538 bits per heavy atom. The molecule has 5 aliphatic heterocycles. The molecule has 0 atom stereocenters. The van der Waals surface area contributed by atoms with Crippen molar-refractivity contribution in [3.05, 3.63) is 134 Å². The van der Waals surface area contributed by atoms with Crippen LogP contribution in [-0.2, 0) is 45.0 Å². The first-order valence-electron chi connectivity index (χ1n) is 17.5. The minimum absolute atomic E-state index is 0.345. The van der Waals surface area contributed by atoms with Gasteiger partial charge in [0, 0.05) is 58.1 Å². The van der Waals surface area contributed by atoms with Crippen LogP contribution in [0.4, 0.5) is 5.69 Å². The minimum Gasteiger partial charge on any atom is -0.371 e. The fourth-order valence-corrected chi connectivity index (χ4v) is 8.91. The molecule has 4 aromatic carbocycles. The van der Waals surface area contributed by atoms with E-state index >= 15 is 0 Å². The largest absolute Gasteiger partial charge is 0.371 e. The standard InChI is InChI=1S/C21H17ClN2O2.C21H15ClN2O2/c2*22-16-6-2-1-5-15(16)18-17(20(25)23-21(18)26)14-10-12-4-3-8-24-9-7-13(11-14)19(12)24/h1-2,5-6,10-11H,3-4,7-9H2,(H,23,25,26);1-2,5-7,9-11H,3-4,8H2,(H,23,25,26). The van der Waals surface area contributed by atoms with Crippen LogP contribution in [-0.4, -0.2) is 41.3 Å². The number of carbonyl (C=O) groups is 4. The summed E-state index contributed by atoms with van der Waals surface area (Å²) in [6, 6.07) is 24.5. The first-order valence-corrected chi connectivity index (χ1v) is 18.3. The highest BCUT2D eigenvalue weighted by Crippen LogP contribution is 2.42. The Hall–Kier alpha value is -5.44. The molecule has 8 nitrogen and oxygen atoms in total. The van der Waals surface area contributed by atoms with Crippen molar-refractivity contribution in [2.45, 2.75) is 38.6 Å². The van der Waals surface area contributed by atoms with E-state index in [-0.39, 0.29) is 17.7 Å². The number of nitrogens with one attached hydrogen (secondary N) is 2. The van der Waals surface area contributed by atoms with Gasteiger partial charge in [0.1, 0.15) is 0 Å². The molecule has 6 heterocycles. The van der Waals surface area contributed by atoms with Gasteiger partial charge in [0.25, 0.3) is 23.6 Å². The van der Waals surface area contributed by atoms with Crippen LogP contribution in [0.5, 0.6) is 0 Å². The Bertz CT molecular complexity index is 2490. The van der Waals surface area contributed by atoms with E-state index in [0.717, 1.165) is 68.3 Å². The first-order chi connectivity index (χ1) is 25.3. The molecule has 0 spiro atoms. The fraction of sp³-hybridized carbons (Fsp3) is 0.190. The average Bonchev–Trinajstić information content (AvgIpc) is 3.90. The molecular weight excluding hydrogens is 695 g/mol. The molecule has 10 rings (SSSR count). The van der Waals surface area contributed by atoms with Gasteiger partial charge in [-0.25, -0.2) is 0 Å². The summed E-state index contributed by atoms with van der Waals surface area (Å²) in [4.78, 5) is 52.7. The van der Waals surface area contributed by atoms with Crippen molar-refractivity contribution in [2.75, 3.05) is 18.0 Å². The monoisotopic (exact) mass is 726 g/mol. The lowest BCUT2D eigenvalue weighted by Gasteiger charge is -2.27. The molecule has 52 heavy (non-hydrogen) atoms. The third kappa shape index (κ3) is 5.28. The maximum absolute atomic E-state index is 12.6. The highest BCUT2D eigenvalue weighted by Gasteiger charge is 2.36. The number of halogens is 2. The number of hydrogen-bond acceptors (Lipinski definition) is 5. The van der Waals surface area contributed by atoms with Gasteiger partial charge >= 0.3 is 0 Å². The molecule has 10 heteroatoms. The van der Waals surface area contributed by atoms with Crippen LogP contribution in [0, 0.1) is 0 Å². The first kappa shape index (κ1) is 32.5. The SMILES string of the molecule is O=C1NC(=O)C(c2ccccc2Cl)=C1c1cc2c3c(c1)CCN3CCC2.O=C1NC(=O)C(c2ccccc2Cl)=C1c1cc2c3c(ccn3CCC2)c1. The lowest BCUT2D eigenvalue weighted by atomic mass is 9.91. The highest BCUT2D eigenvalue weighted by molar-refractivity contribution is 6.51. The molecule has 0 aliphatic carbocycles. The third-order valence-electron chi connectivity index (χ3n) is 10.6. The van der Waals surface area contributed by atoms with Gasteiger partial charge in [-0.05, 0) is 102 Å². The van der Waals surface area contributed by atoms with Gasteiger partial charge in [-0.3, -0.25) is 29.8 Å². The van der Waals surface area contributed by atoms with Gasteiger partial charge in [0.15, 0.2) is 0 Å². The maximum Gasteiger partial charge on any atom is 0.259 e. The van der Waals surface area contributed by atoms with Crippen molar-refractivity contribution in [1.29, 1.82) is 0 Å². The number of hydrogen-bond donors (Lipinski definition) is 2. The normalized spacial score (nSPS) is 17.5. The predicted octanol–water partition coefficient (Wildman–Crippen LogP) is 7.02. The topological polar surface area (TPSA) is 101 Å². The van der Waals surface area contributed by atoms with Crippen molar-refractivity contribution in [3.8, 4) is 0 Å². The fourth-order valence-electron chi connectivity index (χ4n) is 8.45. The van der Waals surface area contributed by atoms with Crippen LogP contribution in [0.2, 0.25) is 10.0 Å². The van der Waals surface area contributed by atoms with Crippen LogP contribution < -0.4 is 15.5 Å². The molecule has 0 saturated heterocycles. The quantitative estimate of drug-likeness (QED) is 0.194. The molecular formula is C42H32Cl2N4O4. The summed E-state index contributed by atoms with van der Waals surface area (Å²) in [5, 5.41) is 6.90. The Morgan fingerprint density at radius 2 is 1.06 bits per heavy atom. The number of rotatable bonds is 4. The van der Waals surface area contributed by atoms with Crippen LogP contribution >= 0.6 is 23.2 Å². The molecule has 0 fully saturated rings. The Labute approximate surface area is 309 Å². The number of benzene rings is 4. The molecule has 0 radical (unpaired) electrons. The lowest BCUT2D eigenvalue weighted by molar-refractivity contribution is -0.124. The van der Waals surface area contributed by atoms with Crippen molar-refractivity contribution in [3.63, 3.8) is 0 Å². The molecule has 258 valence electrons. The third-order valence-corrected chi connectivity index (χ3v) is 11.3. The van der Waals surface area contributed by atoms with Crippen molar-refractivity contribution < 1.29 is 19.2 Å². The van der Waals surface area contributed by atoms with Gasteiger partial charge in [-0.15, -0.1) is 0 Å². The van der Waals surface area contributed by atoms with E-state index in [4.69, 9.17) is 23.2 Å². The average molecular weight is 728 g/mol. The van der Waals surface area contributed by atoms with Gasteiger partial charge in [0.05, 0.1) is 27.8 Å². The molecule has 0 bridgehead atoms. The second kappa shape index (κ2) is 12.7. The number of nitrogens with zero attached hydrogens (tertiary/aromatic N) is 2. The van der Waals surface area contributed by atoms with E-state index in [2.05, 4.69) is 44.5 Å². The smallest absolute Gasteiger partial charge is 0.259 e. The lowest BCUT2D eigenvalue weighted by Crippen LogP contribution is -2.26. The number of imide groups is 2. The van der Waals surface area contributed by atoms with E-state index in [1.165, 1.54) is 27.9 Å². The number of aryl methyl sites for hydroxylation is 3. The maximum atomic E-state index is 12.6. The molecule has 2 N–H and O–H groups in total. The summed E-state index contributed by atoms with van der Waals surface area (Å²) in [7, 11) is 0. The predicted molar refractivity (Wildman–Crippen MR) is 204 cm³/mol. The second-order valence-corrected chi connectivity index (χ2v) is 14.5. The van der Waals surface area contributed by atoms with Crippen molar-refractivity contribution >= 4 is 85.7 Å². The zero-order valence-electron chi connectivity index (χ0n) is 28.0. The Morgan fingerprint density at radius 3 is 1.69 bits per heavy atom. The summed E-state index contributed by atoms with van der Waals surface area (Å²) in [5.41, 5.74) is 10.7. The van der Waals surface area contributed by atoms with Gasteiger partial charge in [-0.2, -0.15) is 0 Å². The number of anilines is 1. The number of carbonyl (C=O) groups excluding carboxylic acids is 4. The summed E-state index contributed by atoms with van der Waals surface area (Å²) in [5.74, 6) is -1.49. The number of amides is 4. The zero-order chi connectivity index (χ0) is 35.7. The van der Waals surface area contributed by atoms with E-state index < -0.39 is 5.91 Å². The second-order valence-electron chi connectivity index (χ2n) is 13.7. The number of aromatic nitrogens is 1. The summed E-state index contributed by atoms with van der Waals surface area (Å²) in [6.07, 6.45) is 7.25. The van der Waals surface area contributed by atoms with Crippen LogP contribution in [0.25, 0.3) is 33.2 Å². The molecule has 0 saturated carbocycles. The minimum atomic E-state index is -0.399. The summed E-state index contributed by atoms with van der Waals surface area (Å²) in [6.45, 7) is 3.15. The van der Waals surface area contributed by atoms with E-state index in [9.17, 15) is 19.2 Å². The van der Waals surface area contributed by atoms with Gasteiger partial charge in [-0.1, -0.05) is 59.6 Å². The summed E-state index contributed by atoms with van der Waals surface area (Å²) >= 11 is 12.6. The van der Waals surface area contributed by atoms with Crippen LogP contribution in [0.15, 0.2) is 85.1 Å². The molecule has 1 aromatic heterocycles. The van der Waals surface area contributed by atoms with E-state index in [1.807, 2.05) is 30.3 Å². The van der Waals surface area contributed by atoms with Crippen molar-refractivity contribution in [2.24, 2.45) is 0 Å². The summed E-state index contributed by atoms with van der Waals surface area (Å²) < 4.78 is 2.25. The Balaban J connectivity index is 0.000000138. The van der Waals surface area contributed by atoms with Crippen LogP contribution in [0.1, 0.15) is 51.8 Å². The van der Waals surface area contributed by atoms with Gasteiger partial charge in [0.2, 0.25) is 0 Å². The molecule has 5 aliphatic rings. The van der Waals surface area contributed by atoms with Gasteiger partial charge < -0.3 is 9.47 Å². The molecule has 4 amide bonds. The van der Waals surface area contributed by atoms with Crippen molar-refractivity contribution in [1.82, 2.24) is 15.2 Å². The zero-order valence-corrected chi connectivity index (χ0v) is 29.5. The van der Waals surface area contributed by atoms with E-state index in [1.54, 1.807) is 30.3 Å². The molecule has 5 aromatic rings. The van der Waals surface area contributed by atoms with E-state index in [0.29, 0.717) is 43.5 Å².